The molecule has 1 amide bonds. The minimum Gasteiger partial charge on any atom is -0.493 e. The molecule has 10 nitrogen and oxygen atoms in total. The first-order valence-corrected chi connectivity index (χ1v) is 15.7. The number of aromatic hydroxyl groups is 1. The first-order valence-electron chi connectivity index (χ1n) is 15.7. The molecule has 4 fully saturated rings. The number of nitrogens with one attached hydrogen (secondary N) is 1. The number of rotatable bonds is 6. The van der Waals surface area contributed by atoms with Crippen molar-refractivity contribution in [3.8, 4) is 5.88 Å². The van der Waals surface area contributed by atoms with E-state index in [1.807, 2.05) is 0 Å². The average molecular weight is 581 g/mol. The first-order chi connectivity index (χ1) is 19.9. The topological polar surface area (TPSA) is 161 Å². The van der Waals surface area contributed by atoms with Crippen LogP contribution >= 0.6 is 0 Å². The molecule has 0 saturated heterocycles. The van der Waals surface area contributed by atoms with Crippen LogP contribution in [0.3, 0.4) is 0 Å². The highest BCUT2D eigenvalue weighted by atomic mass is 16.6. The summed E-state index contributed by atoms with van der Waals surface area (Å²) >= 11 is 0. The predicted molar refractivity (Wildman–Crippen MR) is 157 cm³/mol. The number of hydrogen-bond donors (Lipinski definition) is 4. The molecule has 2 aromatic rings. The lowest BCUT2D eigenvalue weighted by atomic mass is 9.43. The summed E-state index contributed by atoms with van der Waals surface area (Å²) in [4.78, 5) is 25.9. The van der Waals surface area contributed by atoms with Crippen molar-refractivity contribution in [2.45, 2.75) is 97.2 Å². The Balaban J connectivity index is 1.10. The highest BCUT2D eigenvalue weighted by Gasteiger charge is 2.62. The molecule has 0 bridgehead atoms. The Bertz CT molecular complexity index is 1410. The van der Waals surface area contributed by atoms with Gasteiger partial charge in [0.2, 0.25) is 5.88 Å². The average Bonchev–Trinajstić information content (AvgIpc) is 3.46. The molecule has 0 radical (unpaired) electrons. The number of fused-ring (bicyclic) bond motifs is 6. The van der Waals surface area contributed by atoms with Crippen LogP contribution in [0.15, 0.2) is 28.4 Å². The van der Waals surface area contributed by atoms with Gasteiger partial charge in [-0.3, -0.25) is 14.9 Å². The van der Waals surface area contributed by atoms with Crippen LogP contribution in [0.5, 0.6) is 5.88 Å². The Labute approximate surface area is 246 Å². The third-order valence-electron chi connectivity index (χ3n) is 12.4. The van der Waals surface area contributed by atoms with Crippen LogP contribution in [0.4, 0.5) is 11.4 Å². The van der Waals surface area contributed by atoms with Gasteiger partial charge in [0.05, 0.1) is 22.6 Å². The quantitative estimate of drug-likeness (QED) is 0.167. The number of azo groups is 1. The third-order valence-corrected chi connectivity index (χ3v) is 12.4. The van der Waals surface area contributed by atoms with Gasteiger partial charge in [-0.05, 0) is 110 Å². The summed E-state index contributed by atoms with van der Waals surface area (Å²) in [7, 11) is 0. The van der Waals surface area contributed by atoms with Crippen molar-refractivity contribution in [3.63, 3.8) is 0 Å². The van der Waals surface area contributed by atoms with Gasteiger partial charge in [0, 0.05) is 23.9 Å². The van der Waals surface area contributed by atoms with Crippen LogP contribution in [0.2, 0.25) is 0 Å². The Morgan fingerprint density at radius 3 is 2.62 bits per heavy atom. The standard InChI is InChI=1S/C32H44N4O6/c1-17(4-9-27(39)34-35-29-21-6-5-19(36(41)42)16-25(21)33-30(29)40)22-7-8-23-28-24(11-13-32(22,23)3)31(2)12-10-20(37)14-18(31)15-26(28)38/h5-6,16-18,20,22-24,26,28,33,37-38,40H,4,7-15H2,1-3H3/t17-,18+,20-,22+,23-,24-,26-,28+,31+,32-/m1/s1. The van der Waals surface area contributed by atoms with Gasteiger partial charge in [-0.25, -0.2) is 0 Å². The smallest absolute Gasteiger partial charge is 0.271 e. The highest BCUT2D eigenvalue weighted by molar-refractivity contribution is 5.95. The fourth-order valence-electron chi connectivity index (χ4n) is 10.3. The molecule has 4 saturated carbocycles. The molecule has 4 N–H and O–H groups in total. The van der Waals surface area contributed by atoms with Crippen molar-refractivity contribution in [3.05, 3.63) is 28.3 Å². The SMILES string of the molecule is C[C@H](CCC(=O)N=Nc1c(O)[nH]c2cc([N+](=O)[O-])ccc12)[C@@H]1CC[C@@H]2[C@@H]3[C@H](O)C[C@@H]4C[C@H](O)CC[C@]4(C)[C@@H]3CC[C@@]21C. The third kappa shape index (κ3) is 4.75. The number of amides is 1. The maximum atomic E-state index is 12.7. The number of aromatic nitrogens is 1. The van der Waals surface area contributed by atoms with E-state index >= 15 is 0 Å². The van der Waals surface area contributed by atoms with E-state index in [1.54, 1.807) is 0 Å². The maximum absolute atomic E-state index is 12.7. The lowest BCUT2D eigenvalue weighted by Crippen LogP contribution is -2.58. The Morgan fingerprint density at radius 1 is 1.12 bits per heavy atom. The normalized spacial score (nSPS) is 38.6. The predicted octanol–water partition coefficient (Wildman–Crippen LogP) is 6.80. The number of aliphatic hydroxyl groups excluding tert-OH is 2. The lowest BCUT2D eigenvalue weighted by molar-refractivity contribution is -0.384. The van der Waals surface area contributed by atoms with Gasteiger partial charge in [-0.15, -0.1) is 10.2 Å². The zero-order valence-corrected chi connectivity index (χ0v) is 24.8. The Kier molecular flexibility index (Phi) is 7.45. The molecule has 0 aliphatic heterocycles. The molecule has 10 atom stereocenters. The first kappa shape index (κ1) is 29.2. The van der Waals surface area contributed by atoms with E-state index in [-0.39, 0.29) is 52.6 Å². The van der Waals surface area contributed by atoms with E-state index in [1.165, 1.54) is 18.2 Å². The summed E-state index contributed by atoms with van der Waals surface area (Å²) < 4.78 is 0. The second-order valence-electron chi connectivity index (χ2n) is 14.4. The van der Waals surface area contributed by atoms with Crippen LogP contribution in [-0.2, 0) is 4.79 Å². The fraction of sp³-hybridized carbons (Fsp3) is 0.719. The minimum atomic E-state index is -0.516. The lowest BCUT2D eigenvalue weighted by Gasteiger charge is -2.62. The summed E-state index contributed by atoms with van der Waals surface area (Å²) in [5.41, 5.74) is 0.684. The summed E-state index contributed by atoms with van der Waals surface area (Å²) in [6.07, 6.45) is 8.52. The molecule has 1 heterocycles. The van der Waals surface area contributed by atoms with Crippen molar-refractivity contribution in [2.24, 2.45) is 56.6 Å². The van der Waals surface area contributed by atoms with E-state index in [0.717, 1.165) is 51.4 Å². The number of non-ortho nitro benzene ring substituents is 1. The maximum Gasteiger partial charge on any atom is 0.271 e. The van der Waals surface area contributed by atoms with E-state index < -0.39 is 4.92 Å². The number of aliphatic hydroxyl groups is 2. The Hall–Kier alpha value is -2.85. The van der Waals surface area contributed by atoms with Crippen molar-refractivity contribution in [1.82, 2.24) is 4.98 Å². The number of benzene rings is 1. The minimum absolute atomic E-state index is 0.0960. The molecule has 6 rings (SSSR count). The van der Waals surface area contributed by atoms with Crippen LogP contribution in [0, 0.1) is 56.5 Å². The van der Waals surface area contributed by atoms with Gasteiger partial charge < -0.3 is 20.3 Å². The number of carbonyl (C=O) groups is 1. The van der Waals surface area contributed by atoms with Gasteiger partial charge in [0.1, 0.15) is 0 Å². The number of hydrogen-bond acceptors (Lipinski definition) is 7. The molecular formula is C32H44N4O6. The van der Waals surface area contributed by atoms with Gasteiger partial charge in [-0.1, -0.05) is 20.8 Å². The molecule has 1 aromatic heterocycles. The van der Waals surface area contributed by atoms with Crippen molar-refractivity contribution in [2.75, 3.05) is 0 Å². The van der Waals surface area contributed by atoms with Crippen LogP contribution in [0.1, 0.15) is 85.0 Å². The van der Waals surface area contributed by atoms with Crippen molar-refractivity contribution >= 4 is 28.2 Å². The van der Waals surface area contributed by atoms with Crippen LogP contribution < -0.4 is 0 Å². The van der Waals surface area contributed by atoms with Gasteiger partial charge >= 0.3 is 0 Å². The molecular weight excluding hydrogens is 536 g/mol. The van der Waals surface area contributed by atoms with Gasteiger partial charge in [0.15, 0.2) is 5.69 Å². The largest absolute Gasteiger partial charge is 0.493 e. The molecule has 0 unspecified atom stereocenters. The van der Waals surface area contributed by atoms with E-state index in [2.05, 4.69) is 36.0 Å². The number of carbonyl (C=O) groups excluding carboxylic acids is 1. The summed E-state index contributed by atoms with van der Waals surface area (Å²) in [5.74, 6) is 1.88. The van der Waals surface area contributed by atoms with Gasteiger partial charge in [-0.2, -0.15) is 0 Å². The number of nitrogens with zero attached hydrogens (tertiary/aromatic N) is 3. The van der Waals surface area contributed by atoms with Crippen LogP contribution in [0.25, 0.3) is 10.9 Å². The summed E-state index contributed by atoms with van der Waals surface area (Å²) in [5, 5.41) is 51.4. The second kappa shape index (κ2) is 10.7. The number of aromatic amines is 1. The second-order valence-corrected chi connectivity index (χ2v) is 14.4. The van der Waals surface area contributed by atoms with E-state index in [4.69, 9.17) is 0 Å². The molecule has 228 valence electrons. The van der Waals surface area contributed by atoms with Crippen molar-refractivity contribution < 1.29 is 25.0 Å². The molecule has 10 heteroatoms. The number of nitro groups is 1. The van der Waals surface area contributed by atoms with Gasteiger partial charge in [0.25, 0.3) is 11.6 Å². The monoisotopic (exact) mass is 580 g/mol. The molecule has 1 aromatic carbocycles. The molecule has 4 aliphatic carbocycles. The highest BCUT2D eigenvalue weighted by Crippen LogP contribution is 2.68. The van der Waals surface area contributed by atoms with E-state index in [9.17, 15) is 30.2 Å². The number of nitro benzene ring substituents is 1. The molecule has 42 heavy (non-hydrogen) atoms. The fourth-order valence-corrected chi connectivity index (χ4v) is 10.3. The molecule has 4 aliphatic rings. The van der Waals surface area contributed by atoms with Crippen molar-refractivity contribution in [1.29, 1.82) is 0 Å². The zero-order chi connectivity index (χ0) is 30.0. The Morgan fingerprint density at radius 2 is 1.86 bits per heavy atom. The number of H-pyrrole nitrogens is 1. The summed E-state index contributed by atoms with van der Waals surface area (Å²) in [6.45, 7) is 7.11. The zero-order valence-electron chi connectivity index (χ0n) is 24.8. The summed E-state index contributed by atoms with van der Waals surface area (Å²) in [6, 6.07) is 4.12. The van der Waals surface area contributed by atoms with Crippen LogP contribution in [-0.4, -0.2) is 43.3 Å². The van der Waals surface area contributed by atoms with E-state index in [0.29, 0.717) is 52.8 Å². The molecule has 0 spiro atoms.